The Morgan fingerprint density at radius 2 is 2.16 bits per heavy atom. The number of carboxylic acid groups (broad SMARTS) is 1. The second-order valence-corrected chi connectivity index (χ2v) is 5.30. The molecular formula is C14H19N3O2. The third-order valence-electron chi connectivity index (χ3n) is 3.10. The molecule has 2 N–H and O–H groups in total. The van der Waals surface area contributed by atoms with E-state index in [0.29, 0.717) is 0 Å². The predicted octanol–water partition coefficient (Wildman–Crippen LogP) is 1.88. The lowest BCUT2D eigenvalue weighted by Crippen LogP contribution is -2.55. The molecule has 2 aromatic rings. The van der Waals surface area contributed by atoms with Gasteiger partial charge in [0.25, 0.3) is 0 Å². The molecule has 0 fully saturated rings. The van der Waals surface area contributed by atoms with Gasteiger partial charge < -0.3 is 5.11 Å². The van der Waals surface area contributed by atoms with Crippen molar-refractivity contribution in [2.24, 2.45) is 0 Å². The molecule has 2 rings (SSSR count). The van der Waals surface area contributed by atoms with Crippen molar-refractivity contribution in [3.8, 4) is 0 Å². The summed E-state index contributed by atoms with van der Waals surface area (Å²) in [7, 11) is 0. The van der Waals surface area contributed by atoms with Crippen LogP contribution in [0.2, 0.25) is 0 Å². The molecule has 0 saturated carbocycles. The van der Waals surface area contributed by atoms with E-state index in [9.17, 15) is 9.90 Å². The van der Waals surface area contributed by atoms with Crippen LogP contribution in [-0.2, 0) is 11.3 Å². The highest BCUT2D eigenvalue weighted by atomic mass is 16.4. The third kappa shape index (κ3) is 2.76. The minimum atomic E-state index is -1.04. The summed E-state index contributed by atoms with van der Waals surface area (Å²) in [6.45, 7) is 5.84. The summed E-state index contributed by atoms with van der Waals surface area (Å²) in [6, 6.07) is 7.86. The lowest BCUT2D eigenvalue weighted by molar-refractivity contribution is -0.145. The van der Waals surface area contributed by atoms with Gasteiger partial charge in [-0.1, -0.05) is 18.2 Å². The number of nitrogens with one attached hydrogen (secondary N) is 1. The Labute approximate surface area is 112 Å². The summed E-state index contributed by atoms with van der Waals surface area (Å²) < 4.78 is 1.73. The van der Waals surface area contributed by atoms with Gasteiger partial charge in [0.1, 0.15) is 5.54 Å². The molecule has 1 unspecified atom stereocenters. The number of carboxylic acids is 1. The van der Waals surface area contributed by atoms with Crippen molar-refractivity contribution in [1.82, 2.24) is 15.1 Å². The van der Waals surface area contributed by atoms with E-state index in [1.165, 1.54) is 0 Å². The molecule has 5 nitrogen and oxygen atoms in total. The Morgan fingerprint density at radius 3 is 2.79 bits per heavy atom. The number of para-hydroxylation sites is 1. The average molecular weight is 261 g/mol. The molecule has 1 heterocycles. The van der Waals surface area contributed by atoms with Crippen molar-refractivity contribution in [3.05, 3.63) is 30.5 Å². The van der Waals surface area contributed by atoms with Crippen LogP contribution in [-0.4, -0.2) is 32.4 Å². The highest BCUT2D eigenvalue weighted by Crippen LogP contribution is 2.17. The molecule has 0 aliphatic rings. The fourth-order valence-electron chi connectivity index (χ4n) is 2.26. The first-order valence-corrected chi connectivity index (χ1v) is 6.34. The molecule has 1 aromatic carbocycles. The largest absolute Gasteiger partial charge is 0.480 e. The van der Waals surface area contributed by atoms with Crippen molar-refractivity contribution in [2.45, 2.75) is 38.9 Å². The quantitative estimate of drug-likeness (QED) is 0.862. The Kier molecular flexibility index (Phi) is 3.57. The van der Waals surface area contributed by atoms with Crippen molar-refractivity contribution in [1.29, 1.82) is 0 Å². The van der Waals surface area contributed by atoms with E-state index >= 15 is 0 Å². The Morgan fingerprint density at radius 1 is 1.47 bits per heavy atom. The zero-order chi connectivity index (χ0) is 14.0. The van der Waals surface area contributed by atoms with Gasteiger partial charge in [0.15, 0.2) is 0 Å². The lowest BCUT2D eigenvalue weighted by atomic mass is 10.0. The van der Waals surface area contributed by atoms with Crippen molar-refractivity contribution in [2.75, 3.05) is 0 Å². The van der Waals surface area contributed by atoms with Crippen LogP contribution < -0.4 is 5.32 Å². The monoisotopic (exact) mass is 261 g/mol. The predicted molar refractivity (Wildman–Crippen MR) is 74.0 cm³/mol. The van der Waals surface area contributed by atoms with E-state index < -0.39 is 11.5 Å². The van der Waals surface area contributed by atoms with Gasteiger partial charge in [0.2, 0.25) is 0 Å². The summed E-state index contributed by atoms with van der Waals surface area (Å²) in [5.41, 5.74) is -0.0938. The summed E-state index contributed by atoms with van der Waals surface area (Å²) in [6.07, 6.45) is 1.76. The minimum absolute atomic E-state index is 0.0860. The smallest absolute Gasteiger partial charge is 0.325 e. The zero-order valence-corrected chi connectivity index (χ0v) is 11.4. The Hall–Kier alpha value is -1.88. The van der Waals surface area contributed by atoms with E-state index in [-0.39, 0.29) is 12.6 Å². The normalized spacial score (nSPS) is 14.7. The molecule has 0 radical (unpaired) electrons. The first-order valence-electron chi connectivity index (χ1n) is 6.34. The average Bonchev–Trinajstić information content (AvgIpc) is 2.71. The summed E-state index contributed by atoms with van der Waals surface area (Å²) >= 11 is 0. The van der Waals surface area contributed by atoms with E-state index in [1.807, 2.05) is 38.1 Å². The molecule has 0 amide bonds. The van der Waals surface area contributed by atoms with Crippen LogP contribution in [0.15, 0.2) is 30.5 Å². The number of nitrogens with zero attached hydrogens (tertiary/aromatic N) is 2. The maximum atomic E-state index is 11.5. The van der Waals surface area contributed by atoms with Gasteiger partial charge in [0, 0.05) is 11.4 Å². The van der Waals surface area contributed by atoms with Crippen LogP contribution >= 0.6 is 0 Å². The topological polar surface area (TPSA) is 67.2 Å². The van der Waals surface area contributed by atoms with E-state index in [4.69, 9.17) is 0 Å². The summed E-state index contributed by atoms with van der Waals surface area (Å²) in [5, 5.41) is 17.8. The van der Waals surface area contributed by atoms with Crippen LogP contribution in [0.1, 0.15) is 20.8 Å². The molecule has 0 aliphatic heterocycles. The minimum Gasteiger partial charge on any atom is -0.480 e. The highest BCUT2D eigenvalue weighted by Gasteiger charge is 2.34. The van der Waals surface area contributed by atoms with Gasteiger partial charge in [-0.25, -0.2) is 0 Å². The van der Waals surface area contributed by atoms with Gasteiger partial charge >= 0.3 is 5.97 Å². The second-order valence-electron chi connectivity index (χ2n) is 5.30. The molecular weight excluding hydrogens is 242 g/mol. The van der Waals surface area contributed by atoms with Crippen molar-refractivity contribution in [3.63, 3.8) is 0 Å². The van der Waals surface area contributed by atoms with Crippen LogP contribution in [0.5, 0.6) is 0 Å². The molecule has 0 saturated heterocycles. The number of hydrogen-bond donors (Lipinski definition) is 2. The maximum Gasteiger partial charge on any atom is 0.325 e. The van der Waals surface area contributed by atoms with Crippen molar-refractivity contribution >= 4 is 16.9 Å². The Balaban J connectivity index is 2.34. The van der Waals surface area contributed by atoms with Gasteiger partial charge in [-0.15, -0.1) is 0 Å². The standard InChI is InChI=1S/C14H19N3O2/c1-10(2)16-14(3,13(18)19)9-17-12-7-5-4-6-11(12)8-15-17/h4-8,10,16H,9H2,1-3H3,(H,18,19). The lowest BCUT2D eigenvalue weighted by Gasteiger charge is -2.28. The van der Waals surface area contributed by atoms with E-state index in [1.54, 1.807) is 17.8 Å². The molecule has 0 bridgehead atoms. The Bertz CT molecular complexity index is 591. The molecule has 1 atom stereocenters. The first-order chi connectivity index (χ1) is 8.92. The summed E-state index contributed by atoms with van der Waals surface area (Å²) in [4.78, 5) is 11.5. The van der Waals surface area contributed by atoms with Crippen LogP contribution in [0.3, 0.4) is 0 Å². The van der Waals surface area contributed by atoms with Crippen molar-refractivity contribution < 1.29 is 9.90 Å². The van der Waals surface area contributed by atoms with Crippen LogP contribution in [0, 0.1) is 0 Å². The number of aromatic nitrogens is 2. The molecule has 0 spiro atoms. The first kappa shape index (κ1) is 13.5. The molecule has 1 aromatic heterocycles. The fraction of sp³-hybridized carbons (Fsp3) is 0.429. The van der Waals surface area contributed by atoms with Crippen LogP contribution in [0.4, 0.5) is 0 Å². The maximum absolute atomic E-state index is 11.5. The number of rotatable bonds is 5. The number of aliphatic carboxylic acids is 1. The van der Waals surface area contributed by atoms with Gasteiger partial charge in [-0.3, -0.25) is 14.8 Å². The molecule has 102 valence electrons. The van der Waals surface area contributed by atoms with E-state index in [0.717, 1.165) is 10.9 Å². The second kappa shape index (κ2) is 5.01. The summed E-state index contributed by atoms with van der Waals surface area (Å²) in [5.74, 6) is -0.874. The SMILES string of the molecule is CC(C)NC(C)(Cn1ncc2ccccc21)C(=O)O. The number of fused-ring (bicyclic) bond motifs is 1. The number of hydrogen-bond acceptors (Lipinski definition) is 3. The molecule has 5 heteroatoms. The van der Waals surface area contributed by atoms with Gasteiger partial charge in [0.05, 0.1) is 18.3 Å². The molecule has 19 heavy (non-hydrogen) atoms. The number of carbonyl (C=O) groups is 1. The van der Waals surface area contributed by atoms with Gasteiger partial charge in [-0.05, 0) is 26.8 Å². The van der Waals surface area contributed by atoms with E-state index in [2.05, 4.69) is 10.4 Å². The fourth-order valence-corrected chi connectivity index (χ4v) is 2.26. The zero-order valence-electron chi connectivity index (χ0n) is 11.4. The molecule has 0 aliphatic carbocycles. The van der Waals surface area contributed by atoms with Crippen LogP contribution in [0.25, 0.3) is 10.9 Å². The highest BCUT2D eigenvalue weighted by molar-refractivity contribution is 5.80. The van der Waals surface area contributed by atoms with Gasteiger partial charge in [-0.2, -0.15) is 5.10 Å². The number of benzene rings is 1. The third-order valence-corrected chi connectivity index (χ3v) is 3.10.